The number of nitrogens with zero attached hydrogens (tertiary/aromatic N) is 1. The summed E-state index contributed by atoms with van der Waals surface area (Å²) in [6.45, 7) is 0.458. The van der Waals surface area contributed by atoms with E-state index in [1.807, 2.05) is 42.5 Å². The van der Waals surface area contributed by atoms with Gasteiger partial charge in [-0.15, -0.1) is 0 Å². The van der Waals surface area contributed by atoms with Gasteiger partial charge in [0.05, 0.1) is 17.8 Å². The highest BCUT2D eigenvalue weighted by Crippen LogP contribution is 2.37. The van der Waals surface area contributed by atoms with E-state index in [0.717, 1.165) is 5.56 Å². The first-order valence-corrected chi connectivity index (χ1v) is 11.2. The number of carbonyl (C=O) groups is 1. The van der Waals surface area contributed by atoms with Gasteiger partial charge >= 0.3 is 0 Å². The molecular weight excluding hydrogens is 512 g/mol. The Bertz CT molecular complexity index is 1170. The van der Waals surface area contributed by atoms with Crippen LogP contribution in [0.5, 0.6) is 23.0 Å². The van der Waals surface area contributed by atoms with Crippen LogP contribution in [0, 0.1) is 0 Å². The number of nitrogens with one attached hydrogen (secondary N) is 1. The Labute approximate surface area is 204 Å². The van der Waals surface area contributed by atoms with Gasteiger partial charge in [0.15, 0.2) is 23.0 Å². The number of halogens is 2. The highest BCUT2D eigenvalue weighted by molar-refractivity contribution is 9.10. The average molecular weight is 532 g/mol. The summed E-state index contributed by atoms with van der Waals surface area (Å²) in [4.78, 5) is 12.4. The van der Waals surface area contributed by atoms with Gasteiger partial charge in [0, 0.05) is 5.02 Å². The third-order valence-electron chi connectivity index (χ3n) is 4.74. The summed E-state index contributed by atoms with van der Waals surface area (Å²) >= 11 is 9.44. The van der Waals surface area contributed by atoms with Crippen molar-refractivity contribution in [2.45, 2.75) is 12.7 Å². The first-order valence-electron chi connectivity index (χ1n) is 9.99. The number of fused-ring (bicyclic) bond motifs is 1. The molecule has 3 aromatic rings. The van der Waals surface area contributed by atoms with Gasteiger partial charge in [-0.2, -0.15) is 5.10 Å². The molecule has 1 N–H and O–H groups in total. The van der Waals surface area contributed by atoms with E-state index in [1.54, 1.807) is 25.3 Å². The molecule has 7 nitrogen and oxygen atoms in total. The maximum atomic E-state index is 12.4. The van der Waals surface area contributed by atoms with Gasteiger partial charge < -0.3 is 18.9 Å². The lowest BCUT2D eigenvalue weighted by molar-refractivity contribution is -0.130. The van der Waals surface area contributed by atoms with Crippen molar-refractivity contribution in [1.82, 2.24) is 5.43 Å². The second-order valence-corrected chi connectivity index (χ2v) is 8.34. The number of hydrogen-bond donors (Lipinski definition) is 1. The molecule has 1 atom stereocenters. The fourth-order valence-corrected chi connectivity index (χ4v) is 3.78. The molecule has 0 saturated carbocycles. The molecule has 1 heterocycles. The molecule has 0 bridgehead atoms. The largest absolute Gasteiger partial charge is 0.493 e. The zero-order valence-electron chi connectivity index (χ0n) is 17.6. The molecule has 4 rings (SSSR count). The van der Waals surface area contributed by atoms with Crippen LogP contribution in [-0.2, 0) is 11.4 Å². The monoisotopic (exact) mass is 530 g/mol. The molecule has 3 aromatic carbocycles. The zero-order chi connectivity index (χ0) is 23.2. The molecule has 0 aromatic heterocycles. The Morgan fingerprint density at radius 2 is 1.97 bits per heavy atom. The summed E-state index contributed by atoms with van der Waals surface area (Å²) in [6, 6.07) is 18.2. The Hall–Kier alpha value is -3.23. The van der Waals surface area contributed by atoms with Crippen molar-refractivity contribution in [1.29, 1.82) is 0 Å². The van der Waals surface area contributed by atoms with E-state index in [4.69, 9.17) is 30.5 Å². The normalized spacial score (nSPS) is 14.7. The van der Waals surface area contributed by atoms with Crippen molar-refractivity contribution < 1.29 is 23.7 Å². The smallest absolute Gasteiger partial charge is 0.284 e. The lowest BCUT2D eigenvalue weighted by Crippen LogP contribution is -2.42. The van der Waals surface area contributed by atoms with Crippen LogP contribution < -0.4 is 24.4 Å². The van der Waals surface area contributed by atoms with Crippen molar-refractivity contribution in [2.75, 3.05) is 13.7 Å². The number of benzene rings is 3. The second kappa shape index (κ2) is 10.6. The number of hydrazone groups is 1. The molecule has 0 radical (unpaired) electrons. The first-order chi connectivity index (χ1) is 16.0. The number of ether oxygens (including phenoxy) is 4. The van der Waals surface area contributed by atoms with E-state index < -0.39 is 12.0 Å². The fraction of sp³-hybridized carbons (Fsp3) is 0.167. The van der Waals surface area contributed by atoms with Gasteiger partial charge in [0.1, 0.15) is 13.2 Å². The zero-order valence-corrected chi connectivity index (χ0v) is 19.9. The van der Waals surface area contributed by atoms with Crippen LogP contribution in [0.1, 0.15) is 11.1 Å². The Balaban J connectivity index is 1.38. The van der Waals surface area contributed by atoms with Crippen LogP contribution in [0.25, 0.3) is 0 Å². The fourth-order valence-electron chi connectivity index (χ4n) is 3.08. The molecule has 9 heteroatoms. The molecule has 0 spiro atoms. The molecule has 0 unspecified atom stereocenters. The number of carbonyl (C=O) groups excluding carboxylic acids is 1. The average Bonchev–Trinajstić information content (AvgIpc) is 2.83. The van der Waals surface area contributed by atoms with Crippen molar-refractivity contribution in [3.05, 3.63) is 81.3 Å². The lowest BCUT2D eigenvalue weighted by atomic mass is 10.2. The van der Waals surface area contributed by atoms with Crippen LogP contribution >= 0.6 is 27.5 Å². The van der Waals surface area contributed by atoms with E-state index in [9.17, 15) is 4.79 Å². The maximum Gasteiger partial charge on any atom is 0.284 e. The van der Waals surface area contributed by atoms with Crippen LogP contribution in [0.2, 0.25) is 5.02 Å². The third kappa shape index (κ3) is 5.77. The summed E-state index contributed by atoms with van der Waals surface area (Å²) in [5.74, 6) is 1.80. The summed E-state index contributed by atoms with van der Waals surface area (Å²) in [7, 11) is 1.55. The van der Waals surface area contributed by atoms with Gasteiger partial charge in [-0.05, 0) is 63.5 Å². The number of hydrogen-bond acceptors (Lipinski definition) is 6. The molecule has 1 aliphatic rings. The number of rotatable bonds is 7. The second-order valence-electron chi connectivity index (χ2n) is 7.05. The van der Waals surface area contributed by atoms with Crippen molar-refractivity contribution in [2.24, 2.45) is 5.10 Å². The quantitative estimate of drug-likeness (QED) is 0.344. The summed E-state index contributed by atoms with van der Waals surface area (Å²) in [6.07, 6.45) is 0.716. The minimum absolute atomic E-state index is 0.109. The molecule has 170 valence electrons. The SMILES string of the molecule is COc1cc(/C=N\NC(=O)[C@@H]2COc3ccccc3O2)cc(Br)c1OCc1ccc(Cl)cc1. The van der Waals surface area contributed by atoms with Gasteiger partial charge in [-0.3, -0.25) is 4.79 Å². The van der Waals surface area contributed by atoms with Crippen LogP contribution in [0.3, 0.4) is 0 Å². The number of amides is 1. The number of methoxy groups -OCH3 is 1. The molecule has 0 saturated heterocycles. The van der Waals surface area contributed by atoms with Crippen LogP contribution in [0.4, 0.5) is 0 Å². The molecule has 0 aliphatic carbocycles. The minimum Gasteiger partial charge on any atom is -0.493 e. The molecule has 1 amide bonds. The van der Waals surface area contributed by atoms with E-state index in [0.29, 0.717) is 44.7 Å². The van der Waals surface area contributed by atoms with Crippen molar-refractivity contribution in [3.8, 4) is 23.0 Å². The van der Waals surface area contributed by atoms with Crippen molar-refractivity contribution >= 4 is 39.7 Å². The molecule has 33 heavy (non-hydrogen) atoms. The lowest BCUT2D eigenvalue weighted by Gasteiger charge is -2.24. The Morgan fingerprint density at radius 1 is 1.21 bits per heavy atom. The maximum absolute atomic E-state index is 12.4. The van der Waals surface area contributed by atoms with Gasteiger partial charge in [-0.25, -0.2) is 5.43 Å². The van der Waals surface area contributed by atoms with Crippen LogP contribution in [-0.4, -0.2) is 31.9 Å². The van der Waals surface area contributed by atoms with E-state index >= 15 is 0 Å². The van der Waals surface area contributed by atoms with Gasteiger partial charge in [0.2, 0.25) is 6.10 Å². The van der Waals surface area contributed by atoms with Gasteiger partial charge in [-0.1, -0.05) is 35.9 Å². The predicted molar refractivity (Wildman–Crippen MR) is 129 cm³/mol. The van der Waals surface area contributed by atoms with E-state index in [1.165, 1.54) is 6.21 Å². The molecular formula is C24H20BrClN2O5. The Morgan fingerprint density at radius 3 is 2.73 bits per heavy atom. The van der Waals surface area contributed by atoms with Gasteiger partial charge in [0.25, 0.3) is 5.91 Å². The Kier molecular flexibility index (Phi) is 7.36. The third-order valence-corrected chi connectivity index (χ3v) is 5.58. The van der Waals surface area contributed by atoms with Crippen LogP contribution in [0.15, 0.2) is 70.2 Å². The topological polar surface area (TPSA) is 78.4 Å². The first kappa shape index (κ1) is 22.9. The molecule has 0 fully saturated rings. The molecule has 1 aliphatic heterocycles. The standard InChI is InChI=1S/C24H20BrClN2O5/c1-30-21-11-16(10-18(25)23(21)32-13-15-6-8-17(26)9-7-15)12-27-28-24(29)22-14-31-19-4-2-3-5-20(19)33-22/h2-12,22H,13-14H2,1H3,(H,28,29)/b27-12-/t22-/m0/s1. The minimum atomic E-state index is -0.790. The predicted octanol–water partition coefficient (Wildman–Crippen LogP) is 4.98. The van der Waals surface area contributed by atoms with Crippen molar-refractivity contribution in [3.63, 3.8) is 0 Å². The summed E-state index contributed by atoms with van der Waals surface area (Å²) in [5, 5.41) is 4.70. The summed E-state index contributed by atoms with van der Waals surface area (Å²) < 4.78 is 23.3. The number of para-hydroxylation sites is 2. The summed E-state index contributed by atoms with van der Waals surface area (Å²) in [5.41, 5.74) is 4.15. The van der Waals surface area contributed by atoms with E-state index in [-0.39, 0.29) is 6.61 Å². The van der Waals surface area contributed by atoms with E-state index in [2.05, 4.69) is 26.5 Å². The highest BCUT2D eigenvalue weighted by atomic mass is 79.9. The highest BCUT2D eigenvalue weighted by Gasteiger charge is 2.27.